The number of piperidine rings is 1. The summed E-state index contributed by atoms with van der Waals surface area (Å²) in [6.45, 7) is 8.28. The summed E-state index contributed by atoms with van der Waals surface area (Å²) in [7, 11) is -3.41. The Kier molecular flexibility index (Phi) is 7.55. The summed E-state index contributed by atoms with van der Waals surface area (Å²) < 4.78 is 27.0. The molecule has 2 saturated heterocycles. The van der Waals surface area contributed by atoms with Gasteiger partial charge < -0.3 is 5.32 Å². The molecule has 7 nitrogen and oxygen atoms in total. The van der Waals surface area contributed by atoms with Crippen molar-refractivity contribution in [1.29, 1.82) is 0 Å². The summed E-state index contributed by atoms with van der Waals surface area (Å²) in [5.41, 5.74) is 1.37. The molecule has 0 radical (unpaired) electrons. The van der Waals surface area contributed by atoms with Gasteiger partial charge in [0.1, 0.15) is 10.7 Å². The van der Waals surface area contributed by atoms with E-state index < -0.39 is 10.0 Å². The maximum atomic E-state index is 12.7. The van der Waals surface area contributed by atoms with Crippen molar-refractivity contribution in [2.24, 2.45) is 0 Å². The first-order valence-electron chi connectivity index (χ1n) is 11.3. The van der Waals surface area contributed by atoms with Gasteiger partial charge in [-0.05, 0) is 30.5 Å². The number of aromatic nitrogens is 1. The number of pyridine rings is 1. The van der Waals surface area contributed by atoms with Crippen molar-refractivity contribution in [1.82, 2.24) is 19.1 Å². The minimum absolute atomic E-state index is 0.287. The summed E-state index contributed by atoms with van der Waals surface area (Å²) in [6, 6.07) is 14.1. The zero-order chi connectivity index (χ0) is 21.5. The number of nitrogens with one attached hydrogen (secondary N) is 1. The Balaban J connectivity index is 1.19. The van der Waals surface area contributed by atoms with E-state index in [2.05, 4.69) is 50.4 Å². The summed E-state index contributed by atoms with van der Waals surface area (Å²) in [6.07, 6.45) is 4.46. The highest BCUT2D eigenvalue weighted by molar-refractivity contribution is 7.89. The van der Waals surface area contributed by atoms with Crippen LogP contribution in [0.25, 0.3) is 0 Å². The van der Waals surface area contributed by atoms with Gasteiger partial charge in [0.25, 0.3) is 0 Å². The first-order chi connectivity index (χ1) is 15.1. The third kappa shape index (κ3) is 6.04. The minimum atomic E-state index is -3.41. The molecule has 0 unspecified atom stereocenters. The molecule has 0 spiro atoms. The van der Waals surface area contributed by atoms with E-state index in [1.54, 1.807) is 16.4 Å². The Hall–Kier alpha value is -2.00. The molecule has 2 aromatic rings. The average Bonchev–Trinajstić information content (AvgIpc) is 2.82. The van der Waals surface area contributed by atoms with E-state index >= 15 is 0 Å². The molecule has 1 aromatic heterocycles. The van der Waals surface area contributed by atoms with Crippen LogP contribution in [0.5, 0.6) is 0 Å². The van der Waals surface area contributed by atoms with E-state index in [9.17, 15) is 8.42 Å². The van der Waals surface area contributed by atoms with Gasteiger partial charge in [-0.1, -0.05) is 36.8 Å². The maximum absolute atomic E-state index is 12.7. The van der Waals surface area contributed by atoms with Crippen LogP contribution in [0.3, 0.4) is 0 Å². The van der Waals surface area contributed by atoms with E-state index in [4.69, 9.17) is 0 Å². The first kappa shape index (κ1) is 22.2. The lowest BCUT2D eigenvalue weighted by Crippen LogP contribution is -2.47. The molecule has 0 atom stereocenters. The second kappa shape index (κ2) is 10.5. The number of hydrogen-bond donors (Lipinski definition) is 1. The molecule has 168 valence electrons. The Morgan fingerprint density at radius 3 is 2.23 bits per heavy atom. The van der Waals surface area contributed by atoms with Crippen LogP contribution in [0, 0.1) is 0 Å². The molecule has 2 aliphatic rings. The van der Waals surface area contributed by atoms with E-state index in [1.807, 2.05) is 0 Å². The fraction of sp³-hybridized carbons (Fsp3) is 0.522. The largest absolute Gasteiger partial charge is 0.369 e. The van der Waals surface area contributed by atoms with Crippen molar-refractivity contribution in [2.45, 2.75) is 30.7 Å². The molecule has 8 heteroatoms. The molecule has 2 aliphatic heterocycles. The first-order valence-corrected chi connectivity index (χ1v) is 12.7. The third-order valence-electron chi connectivity index (χ3n) is 6.14. The number of hydrogen-bond acceptors (Lipinski definition) is 6. The lowest BCUT2D eigenvalue weighted by atomic mass is 10.2. The molecule has 0 bridgehead atoms. The van der Waals surface area contributed by atoms with Crippen LogP contribution in [0.15, 0.2) is 53.6 Å². The second-order valence-corrected chi connectivity index (χ2v) is 10.3. The highest BCUT2D eigenvalue weighted by Crippen LogP contribution is 2.20. The van der Waals surface area contributed by atoms with Crippen LogP contribution in [-0.2, 0) is 16.6 Å². The predicted molar refractivity (Wildman–Crippen MR) is 123 cm³/mol. The Bertz CT molecular complexity index is 907. The molecular formula is C23H33N5O2S. The molecule has 0 amide bonds. The number of sulfonamides is 1. The Morgan fingerprint density at radius 1 is 0.839 bits per heavy atom. The van der Waals surface area contributed by atoms with Crippen LogP contribution < -0.4 is 5.32 Å². The number of benzene rings is 1. The second-order valence-electron chi connectivity index (χ2n) is 8.37. The fourth-order valence-corrected chi connectivity index (χ4v) is 5.71. The highest BCUT2D eigenvalue weighted by atomic mass is 32.2. The van der Waals surface area contributed by atoms with E-state index in [-0.39, 0.29) is 4.90 Å². The highest BCUT2D eigenvalue weighted by Gasteiger charge is 2.26. The van der Waals surface area contributed by atoms with Crippen LogP contribution >= 0.6 is 0 Å². The van der Waals surface area contributed by atoms with E-state index in [1.165, 1.54) is 11.8 Å². The SMILES string of the molecule is O=S(=O)(c1ccc(NCCN2CCN(Cc3ccccc3)CC2)nc1)N1CCCCC1. The van der Waals surface area contributed by atoms with Gasteiger partial charge in [-0.2, -0.15) is 4.31 Å². The molecular weight excluding hydrogens is 410 g/mol. The van der Waals surface area contributed by atoms with Crippen molar-refractivity contribution >= 4 is 15.8 Å². The van der Waals surface area contributed by atoms with Crippen molar-refractivity contribution in [2.75, 3.05) is 57.7 Å². The van der Waals surface area contributed by atoms with Gasteiger partial charge in [0, 0.05) is 65.1 Å². The summed E-state index contributed by atoms with van der Waals surface area (Å²) >= 11 is 0. The molecule has 2 fully saturated rings. The lowest BCUT2D eigenvalue weighted by molar-refractivity contribution is 0.130. The molecule has 1 aromatic carbocycles. The quantitative estimate of drug-likeness (QED) is 0.676. The predicted octanol–water partition coefficient (Wildman–Crippen LogP) is 2.49. The standard InChI is InChI=1S/C23H33N5O2S/c29-31(30,28-12-5-2-6-13-28)22-9-10-23(25-19-22)24-11-14-26-15-17-27(18-16-26)20-21-7-3-1-4-8-21/h1,3-4,7-10,19H,2,5-6,11-18,20H2,(H,24,25). The molecule has 3 heterocycles. The van der Waals surface area contributed by atoms with Crippen LogP contribution in [0.2, 0.25) is 0 Å². The summed E-state index contributed by atoms with van der Waals surface area (Å²) in [4.78, 5) is 9.59. The van der Waals surface area contributed by atoms with Crippen molar-refractivity contribution in [3.05, 3.63) is 54.2 Å². The molecule has 0 aliphatic carbocycles. The zero-order valence-corrected chi connectivity index (χ0v) is 18.9. The molecule has 4 rings (SSSR count). The normalized spacial score (nSPS) is 19.4. The third-order valence-corrected chi connectivity index (χ3v) is 8.02. The van der Waals surface area contributed by atoms with Gasteiger partial charge in [-0.25, -0.2) is 13.4 Å². The van der Waals surface area contributed by atoms with Gasteiger partial charge in [0.2, 0.25) is 10.0 Å². The molecule has 1 N–H and O–H groups in total. The number of piperazine rings is 1. The Morgan fingerprint density at radius 2 is 1.55 bits per heavy atom. The molecule has 0 saturated carbocycles. The fourth-order valence-electron chi connectivity index (χ4n) is 4.25. The summed E-state index contributed by atoms with van der Waals surface area (Å²) in [5.74, 6) is 0.723. The average molecular weight is 444 g/mol. The molecule has 31 heavy (non-hydrogen) atoms. The topological polar surface area (TPSA) is 68.8 Å². The van der Waals surface area contributed by atoms with Gasteiger partial charge in [-0.15, -0.1) is 0 Å². The van der Waals surface area contributed by atoms with Crippen LogP contribution in [-0.4, -0.2) is 79.9 Å². The van der Waals surface area contributed by atoms with E-state index in [0.717, 1.165) is 70.9 Å². The number of rotatable bonds is 8. The van der Waals surface area contributed by atoms with Crippen LogP contribution in [0.1, 0.15) is 24.8 Å². The Labute approximate surface area is 186 Å². The minimum Gasteiger partial charge on any atom is -0.369 e. The number of nitrogens with zero attached hydrogens (tertiary/aromatic N) is 4. The zero-order valence-electron chi connectivity index (χ0n) is 18.1. The lowest BCUT2D eigenvalue weighted by Gasteiger charge is -2.34. The van der Waals surface area contributed by atoms with Crippen molar-refractivity contribution in [3.63, 3.8) is 0 Å². The van der Waals surface area contributed by atoms with Crippen LogP contribution in [0.4, 0.5) is 5.82 Å². The maximum Gasteiger partial charge on any atom is 0.244 e. The smallest absolute Gasteiger partial charge is 0.244 e. The summed E-state index contributed by atoms with van der Waals surface area (Å²) in [5, 5.41) is 3.33. The van der Waals surface area contributed by atoms with Gasteiger partial charge in [0.05, 0.1) is 0 Å². The monoisotopic (exact) mass is 443 g/mol. The number of anilines is 1. The van der Waals surface area contributed by atoms with Gasteiger partial charge >= 0.3 is 0 Å². The van der Waals surface area contributed by atoms with Gasteiger partial charge in [0.15, 0.2) is 0 Å². The van der Waals surface area contributed by atoms with Gasteiger partial charge in [-0.3, -0.25) is 9.80 Å². The van der Waals surface area contributed by atoms with Crippen molar-refractivity contribution in [3.8, 4) is 0 Å². The van der Waals surface area contributed by atoms with Crippen molar-refractivity contribution < 1.29 is 8.42 Å². The van der Waals surface area contributed by atoms with E-state index in [0.29, 0.717) is 13.1 Å².